The second-order valence-corrected chi connectivity index (χ2v) is 5.79. The van der Waals surface area contributed by atoms with E-state index in [0.29, 0.717) is 19.4 Å². The molecule has 2 N–H and O–H groups in total. The van der Waals surface area contributed by atoms with E-state index in [4.69, 9.17) is 5.11 Å². The van der Waals surface area contributed by atoms with Crippen molar-refractivity contribution in [3.8, 4) is 0 Å². The molecule has 0 rings (SSSR count). The Morgan fingerprint density at radius 3 is 2.38 bits per heavy atom. The van der Waals surface area contributed by atoms with E-state index in [0.717, 1.165) is 25.5 Å². The second-order valence-electron chi connectivity index (χ2n) is 3.96. The summed E-state index contributed by atoms with van der Waals surface area (Å²) >= 11 is 0. The minimum atomic E-state index is -3.09. The topological polar surface area (TPSA) is 83.5 Å². The van der Waals surface area contributed by atoms with E-state index in [-0.39, 0.29) is 5.92 Å². The van der Waals surface area contributed by atoms with Gasteiger partial charge in [0.05, 0.1) is 12.2 Å². The van der Waals surface area contributed by atoms with E-state index >= 15 is 0 Å². The van der Waals surface area contributed by atoms with Crippen molar-refractivity contribution in [3.63, 3.8) is 0 Å². The minimum absolute atomic E-state index is 0.261. The molecule has 0 aliphatic heterocycles. The van der Waals surface area contributed by atoms with Gasteiger partial charge >= 0.3 is 5.97 Å². The summed E-state index contributed by atoms with van der Waals surface area (Å²) in [5.74, 6) is -1.00. The number of aliphatic carboxylic acids is 1. The van der Waals surface area contributed by atoms with Crippen LogP contribution in [0.15, 0.2) is 0 Å². The molecule has 0 saturated heterocycles. The number of carboxylic acid groups (broad SMARTS) is 1. The van der Waals surface area contributed by atoms with Crippen molar-refractivity contribution >= 4 is 16.0 Å². The summed E-state index contributed by atoms with van der Waals surface area (Å²) in [7, 11) is -3.09. The predicted molar refractivity (Wildman–Crippen MR) is 62.7 cm³/mol. The van der Waals surface area contributed by atoms with Gasteiger partial charge in [-0.2, -0.15) is 0 Å². The number of unbranched alkanes of at least 4 members (excludes halogenated alkanes) is 2. The first-order valence-corrected chi connectivity index (χ1v) is 7.43. The van der Waals surface area contributed by atoms with Crippen molar-refractivity contribution in [2.24, 2.45) is 5.92 Å². The summed E-state index contributed by atoms with van der Waals surface area (Å²) < 4.78 is 23.8. The van der Waals surface area contributed by atoms with Crippen LogP contribution in [0.25, 0.3) is 0 Å². The lowest BCUT2D eigenvalue weighted by Gasteiger charge is -2.08. The Morgan fingerprint density at radius 2 is 1.94 bits per heavy atom. The standard InChI is InChI=1S/C10H21NO4S/c1-3-9(10(12)13)7-5-4-6-8-11-16(2,14)15/h9,11H,3-8H2,1-2H3,(H,12,13). The van der Waals surface area contributed by atoms with Gasteiger partial charge < -0.3 is 5.11 Å². The fourth-order valence-corrected chi connectivity index (χ4v) is 1.97. The number of hydrogen-bond acceptors (Lipinski definition) is 3. The lowest BCUT2D eigenvalue weighted by atomic mass is 9.99. The van der Waals surface area contributed by atoms with Crippen molar-refractivity contribution in [2.45, 2.75) is 39.0 Å². The quantitative estimate of drug-likeness (QED) is 0.603. The zero-order chi connectivity index (χ0) is 12.6. The van der Waals surface area contributed by atoms with Crippen molar-refractivity contribution < 1.29 is 18.3 Å². The van der Waals surface area contributed by atoms with Crippen LogP contribution in [0.2, 0.25) is 0 Å². The highest BCUT2D eigenvalue weighted by atomic mass is 32.2. The van der Waals surface area contributed by atoms with Crippen LogP contribution in [0, 0.1) is 5.92 Å². The molecule has 96 valence electrons. The number of carbonyl (C=O) groups is 1. The lowest BCUT2D eigenvalue weighted by molar-refractivity contribution is -0.142. The van der Waals surface area contributed by atoms with Gasteiger partial charge in [-0.25, -0.2) is 13.1 Å². The molecular formula is C10H21NO4S. The molecule has 0 bridgehead atoms. The summed E-state index contributed by atoms with van der Waals surface area (Å²) in [5.41, 5.74) is 0. The molecule has 0 aliphatic carbocycles. The predicted octanol–water partition coefficient (Wildman–Crippen LogP) is 1.21. The highest BCUT2D eigenvalue weighted by Crippen LogP contribution is 2.13. The Kier molecular flexibility index (Phi) is 7.33. The third-order valence-corrected chi connectivity index (χ3v) is 3.16. The molecule has 0 radical (unpaired) electrons. The molecule has 0 spiro atoms. The second kappa shape index (κ2) is 7.62. The first-order valence-electron chi connectivity index (χ1n) is 5.54. The van der Waals surface area contributed by atoms with Gasteiger partial charge in [0.25, 0.3) is 0 Å². The highest BCUT2D eigenvalue weighted by molar-refractivity contribution is 7.88. The molecule has 0 fully saturated rings. The number of hydrogen-bond donors (Lipinski definition) is 2. The fraction of sp³-hybridized carbons (Fsp3) is 0.900. The highest BCUT2D eigenvalue weighted by Gasteiger charge is 2.13. The number of nitrogens with one attached hydrogen (secondary N) is 1. The van der Waals surface area contributed by atoms with Gasteiger partial charge in [0, 0.05) is 6.54 Å². The fourth-order valence-electron chi connectivity index (χ4n) is 1.45. The molecule has 0 heterocycles. The maximum atomic E-state index is 10.7. The van der Waals surface area contributed by atoms with Gasteiger partial charge in [-0.1, -0.05) is 19.8 Å². The minimum Gasteiger partial charge on any atom is -0.481 e. The third kappa shape index (κ3) is 8.67. The molecule has 5 nitrogen and oxygen atoms in total. The van der Waals surface area contributed by atoms with Crippen LogP contribution < -0.4 is 4.72 Å². The first-order chi connectivity index (χ1) is 7.37. The average molecular weight is 251 g/mol. The molecule has 0 aliphatic rings. The smallest absolute Gasteiger partial charge is 0.306 e. The van der Waals surface area contributed by atoms with Crippen molar-refractivity contribution in [1.29, 1.82) is 0 Å². The monoisotopic (exact) mass is 251 g/mol. The number of sulfonamides is 1. The van der Waals surface area contributed by atoms with Gasteiger partial charge in [-0.15, -0.1) is 0 Å². The third-order valence-electron chi connectivity index (χ3n) is 2.44. The number of rotatable bonds is 9. The van der Waals surface area contributed by atoms with Gasteiger partial charge in [0.1, 0.15) is 0 Å². The van der Waals surface area contributed by atoms with Gasteiger partial charge in [-0.3, -0.25) is 4.79 Å². The normalized spacial score (nSPS) is 13.6. The zero-order valence-corrected chi connectivity index (χ0v) is 10.7. The van der Waals surface area contributed by atoms with Crippen LogP contribution in [0.3, 0.4) is 0 Å². The van der Waals surface area contributed by atoms with Gasteiger partial charge in [0.15, 0.2) is 0 Å². The summed E-state index contributed by atoms with van der Waals surface area (Å²) in [6.07, 6.45) is 4.89. The van der Waals surface area contributed by atoms with E-state index in [1.165, 1.54) is 0 Å². The Morgan fingerprint density at radius 1 is 1.31 bits per heavy atom. The molecule has 1 atom stereocenters. The first kappa shape index (κ1) is 15.4. The van der Waals surface area contributed by atoms with Crippen LogP contribution in [-0.2, 0) is 14.8 Å². The van der Waals surface area contributed by atoms with E-state index in [9.17, 15) is 13.2 Å². The molecule has 0 aromatic heterocycles. The summed E-state index contributed by atoms with van der Waals surface area (Å²) in [6.45, 7) is 2.30. The SMILES string of the molecule is CCC(CCCCCNS(C)(=O)=O)C(=O)O. The number of carboxylic acids is 1. The molecule has 0 saturated carbocycles. The van der Waals surface area contributed by atoms with E-state index in [2.05, 4.69) is 4.72 Å². The summed E-state index contributed by atoms with van der Waals surface area (Å²) in [4.78, 5) is 10.7. The molecule has 0 aromatic rings. The summed E-state index contributed by atoms with van der Waals surface area (Å²) in [6, 6.07) is 0. The molecule has 6 heteroatoms. The van der Waals surface area contributed by atoms with Crippen molar-refractivity contribution in [1.82, 2.24) is 4.72 Å². The van der Waals surface area contributed by atoms with Crippen LogP contribution in [0.5, 0.6) is 0 Å². The van der Waals surface area contributed by atoms with E-state index < -0.39 is 16.0 Å². The van der Waals surface area contributed by atoms with Crippen LogP contribution in [-0.4, -0.2) is 32.3 Å². The molecular weight excluding hydrogens is 230 g/mol. The zero-order valence-electron chi connectivity index (χ0n) is 9.90. The van der Waals surface area contributed by atoms with Gasteiger partial charge in [0.2, 0.25) is 10.0 Å². The summed E-state index contributed by atoms with van der Waals surface area (Å²) in [5, 5.41) is 8.79. The molecule has 16 heavy (non-hydrogen) atoms. The molecule has 1 unspecified atom stereocenters. The Labute approximate surface area is 97.3 Å². The van der Waals surface area contributed by atoms with E-state index in [1.807, 2.05) is 6.92 Å². The molecule has 0 amide bonds. The van der Waals surface area contributed by atoms with Crippen molar-refractivity contribution in [3.05, 3.63) is 0 Å². The Bertz CT molecular complexity index is 300. The van der Waals surface area contributed by atoms with Crippen LogP contribution in [0.1, 0.15) is 39.0 Å². The van der Waals surface area contributed by atoms with Crippen molar-refractivity contribution in [2.75, 3.05) is 12.8 Å². The van der Waals surface area contributed by atoms with Crippen LogP contribution in [0.4, 0.5) is 0 Å². The molecule has 0 aromatic carbocycles. The van der Waals surface area contributed by atoms with E-state index in [1.54, 1.807) is 0 Å². The Hall–Kier alpha value is -0.620. The van der Waals surface area contributed by atoms with Gasteiger partial charge in [-0.05, 0) is 19.3 Å². The largest absolute Gasteiger partial charge is 0.481 e. The van der Waals surface area contributed by atoms with Crippen LogP contribution >= 0.6 is 0 Å². The maximum absolute atomic E-state index is 10.7. The average Bonchev–Trinajstić information content (AvgIpc) is 2.14. The lowest BCUT2D eigenvalue weighted by Crippen LogP contribution is -2.22. The Balaban J connectivity index is 3.50. The maximum Gasteiger partial charge on any atom is 0.306 e.